The summed E-state index contributed by atoms with van der Waals surface area (Å²) in [6.07, 6.45) is 0. The predicted octanol–water partition coefficient (Wildman–Crippen LogP) is 1.72. The van der Waals surface area contributed by atoms with E-state index in [0.717, 1.165) is 26.3 Å². The van der Waals surface area contributed by atoms with Crippen LogP contribution in [0.5, 0.6) is 0 Å². The minimum atomic E-state index is 0.0793. The van der Waals surface area contributed by atoms with Crippen LogP contribution in [0.25, 0.3) is 0 Å². The summed E-state index contributed by atoms with van der Waals surface area (Å²) in [5, 5.41) is 0. The van der Waals surface area contributed by atoms with Gasteiger partial charge in [-0.1, -0.05) is 20.8 Å². The van der Waals surface area contributed by atoms with Crippen molar-refractivity contribution in [1.82, 2.24) is 4.90 Å². The highest BCUT2D eigenvalue weighted by molar-refractivity contribution is 4.81. The molecule has 0 bridgehead atoms. The Bertz CT molecular complexity index is 158. The van der Waals surface area contributed by atoms with E-state index >= 15 is 0 Å². The molecule has 15 heavy (non-hydrogen) atoms. The molecule has 0 saturated carbocycles. The average Bonchev–Trinajstić information content (AvgIpc) is 2.17. The molecule has 0 aliphatic heterocycles. The van der Waals surface area contributed by atoms with Crippen molar-refractivity contribution >= 4 is 0 Å². The van der Waals surface area contributed by atoms with Gasteiger partial charge in [0.25, 0.3) is 0 Å². The van der Waals surface area contributed by atoms with Crippen LogP contribution in [-0.4, -0.2) is 43.3 Å². The van der Waals surface area contributed by atoms with Crippen molar-refractivity contribution in [2.24, 2.45) is 11.7 Å². The molecule has 0 heterocycles. The van der Waals surface area contributed by atoms with E-state index in [0.29, 0.717) is 12.5 Å². The number of likely N-dealkylation sites (N-methyl/N-ethyl adjacent to an activating group) is 1. The molecular formula is C12H28N2O. The topological polar surface area (TPSA) is 38.5 Å². The van der Waals surface area contributed by atoms with Gasteiger partial charge in [0.1, 0.15) is 0 Å². The molecule has 2 N–H and O–H groups in total. The van der Waals surface area contributed by atoms with Gasteiger partial charge < -0.3 is 10.5 Å². The fourth-order valence-electron chi connectivity index (χ4n) is 1.51. The van der Waals surface area contributed by atoms with Crippen molar-refractivity contribution in [2.75, 3.05) is 32.8 Å². The van der Waals surface area contributed by atoms with Crippen LogP contribution in [-0.2, 0) is 4.74 Å². The highest BCUT2D eigenvalue weighted by atomic mass is 16.5. The fourth-order valence-corrected chi connectivity index (χ4v) is 1.51. The number of hydrogen-bond donors (Lipinski definition) is 1. The number of nitrogens with two attached hydrogens (primary N) is 1. The average molecular weight is 216 g/mol. The van der Waals surface area contributed by atoms with Gasteiger partial charge in [-0.2, -0.15) is 0 Å². The van der Waals surface area contributed by atoms with Crippen LogP contribution in [0.4, 0.5) is 0 Å². The zero-order valence-electron chi connectivity index (χ0n) is 11.0. The lowest BCUT2D eigenvalue weighted by atomic mass is 10.0. The molecule has 0 aromatic rings. The Balaban J connectivity index is 3.81. The number of rotatable bonds is 8. The van der Waals surface area contributed by atoms with E-state index in [-0.39, 0.29) is 5.54 Å². The highest BCUT2D eigenvalue weighted by Gasteiger charge is 2.22. The summed E-state index contributed by atoms with van der Waals surface area (Å²) in [6.45, 7) is 15.2. The molecule has 92 valence electrons. The standard InChI is InChI=1S/C12H28N2O/c1-6-14(12(4,5)10-13)7-8-15-9-11(2)3/h11H,6-10,13H2,1-5H3. The minimum Gasteiger partial charge on any atom is -0.380 e. The van der Waals surface area contributed by atoms with Crippen LogP contribution in [0, 0.1) is 5.92 Å². The third kappa shape index (κ3) is 6.13. The van der Waals surface area contributed by atoms with E-state index in [1.165, 1.54) is 0 Å². The van der Waals surface area contributed by atoms with Crippen molar-refractivity contribution in [3.8, 4) is 0 Å². The maximum atomic E-state index is 5.75. The molecule has 0 aromatic carbocycles. The highest BCUT2D eigenvalue weighted by Crippen LogP contribution is 2.11. The second-order valence-electron chi connectivity index (χ2n) is 5.06. The van der Waals surface area contributed by atoms with Crippen LogP contribution in [0.1, 0.15) is 34.6 Å². The molecule has 3 nitrogen and oxygen atoms in total. The van der Waals surface area contributed by atoms with E-state index < -0.39 is 0 Å². The van der Waals surface area contributed by atoms with E-state index in [2.05, 4.69) is 39.5 Å². The zero-order valence-corrected chi connectivity index (χ0v) is 11.0. The summed E-state index contributed by atoms with van der Waals surface area (Å²) in [4.78, 5) is 2.37. The largest absolute Gasteiger partial charge is 0.380 e. The molecule has 3 heteroatoms. The Morgan fingerprint density at radius 1 is 1.33 bits per heavy atom. The van der Waals surface area contributed by atoms with Gasteiger partial charge in [-0.25, -0.2) is 0 Å². The Kier molecular flexibility index (Phi) is 7.14. The van der Waals surface area contributed by atoms with Gasteiger partial charge in [-0.05, 0) is 26.3 Å². The SMILES string of the molecule is CCN(CCOCC(C)C)C(C)(C)CN. The molecule has 0 aromatic heterocycles. The molecule has 0 unspecified atom stereocenters. The minimum absolute atomic E-state index is 0.0793. The van der Waals surface area contributed by atoms with Crippen LogP contribution in [0.3, 0.4) is 0 Å². The molecule has 0 saturated heterocycles. The first-order valence-corrected chi connectivity index (χ1v) is 5.97. The summed E-state index contributed by atoms with van der Waals surface area (Å²) in [7, 11) is 0. The third-order valence-corrected chi connectivity index (χ3v) is 2.69. The lowest BCUT2D eigenvalue weighted by molar-refractivity contribution is 0.0538. The summed E-state index contributed by atoms with van der Waals surface area (Å²) < 4.78 is 5.58. The van der Waals surface area contributed by atoms with Crippen molar-refractivity contribution in [3.63, 3.8) is 0 Å². The van der Waals surface area contributed by atoms with Gasteiger partial charge in [-0.15, -0.1) is 0 Å². The molecule has 0 rings (SSSR count). The molecule has 0 aliphatic rings. The van der Waals surface area contributed by atoms with E-state index in [4.69, 9.17) is 10.5 Å². The normalized spacial score (nSPS) is 12.8. The smallest absolute Gasteiger partial charge is 0.0593 e. The molecule has 0 fully saturated rings. The Labute approximate surface area is 95.0 Å². The van der Waals surface area contributed by atoms with Crippen LogP contribution >= 0.6 is 0 Å². The summed E-state index contributed by atoms with van der Waals surface area (Å²) in [5.74, 6) is 0.614. The van der Waals surface area contributed by atoms with Crippen molar-refractivity contribution in [1.29, 1.82) is 0 Å². The van der Waals surface area contributed by atoms with Gasteiger partial charge in [0, 0.05) is 25.2 Å². The third-order valence-electron chi connectivity index (χ3n) is 2.69. The van der Waals surface area contributed by atoms with Crippen molar-refractivity contribution in [2.45, 2.75) is 40.2 Å². The van der Waals surface area contributed by atoms with E-state index in [9.17, 15) is 0 Å². The first kappa shape index (κ1) is 14.9. The molecule has 0 spiro atoms. The monoisotopic (exact) mass is 216 g/mol. The van der Waals surface area contributed by atoms with Crippen LogP contribution < -0.4 is 5.73 Å². The Morgan fingerprint density at radius 3 is 2.33 bits per heavy atom. The van der Waals surface area contributed by atoms with Gasteiger partial charge in [0.2, 0.25) is 0 Å². The van der Waals surface area contributed by atoms with Crippen molar-refractivity contribution < 1.29 is 4.74 Å². The molecule has 0 atom stereocenters. The lowest BCUT2D eigenvalue weighted by Crippen LogP contribution is -2.50. The Hall–Kier alpha value is -0.120. The lowest BCUT2D eigenvalue weighted by Gasteiger charge is -2.36. The fraction of sp³-hybridized carbons (Fsp3) is 1.00. The van der Waals surface area contributed by atoms with Gasteiger partial charge in [0.15, 0.2) is 0 Å². The number of nitrogens with zero attached hydrogens (tertiary/aromatic N) is 1. The summed E-state index contributed by atoms with van der Waals surface area (Å²) in [5.41, 5.74) is 5.83. The van der Waals surface area contributed by atoms with Gasteiger partial charge in [0.05, 0.1) is 6.61 Å². The van der Waals surface area contributed by atoms with Crippen LogP contribution in [0.15, 0.2) is 0 Å². The first-order valence-electron chi connectivity index (χ1n) is 5.97. The number of ether oxygens (including phenoxy) is 1. The first-order chi connectivity index (χ1) is 6.94. The number of hydrogen-bond acceptors (Lipinski definition) is 3. The maximum absolute atomic E-state index is 5.75. The summed E-state index contributed by atoms with van der Waals surface area (Å²) in [6, 6.07) is 0. The Morgan fingerprint density at radius 2 is 1.93 bits per heavy atom. The summed E-state index contributed by atoms with van der Waals surface area (Å²) >= 11 is 0. The van der Waals surface area contributed by atoms with E-state index in [1.54, 1.807) is 0 Å². The van der Waals surface area contributed by atoms with Crippen molar-refractivity contribution in [3.05, 3.63) is 0 Å². The molecule has 0 aliphatic carbocycles. The maximum Gasteiger partial charge on any atom is 0.0593 e. The molecular weight excluding hydrogens is 188 g/mol. The molecule has 0 radical (unpaired) electrons. The second-order valence-corrected chi connectivity index (χ2v) is 5.06. The van der Waals surface area contributed by atoms with Gasteiger partial charge in [-0.3, -0.25) is 4.90 Å². The second kappa shape index (κ2) is 7.20. The quantitative estimate of drug-likeness (QED) is 0.628. The molecule has 0 amide bonds. The van der Waals surface area contributed by atoms with E-state index in [1.807, 2.05) is 0 Å². The van der Waals surface area contributed by atoms with Gasteiger partial charge >= 0.3 is 0 Å². The van der Waals surface area contributed by atoms with Crippen LogP contribution in [0.2, 0.25) is 0 Å². The zero-order chi connectivity index (χ0) is 11.9. The predicted molar refractivity (Wildman–Crippen MR) is 66.0 cm³/mol.